The summed E-state index contributed by atoms with van der Waals surface area (Å²) in [5.74, 6) is 0.875. The topological polar surface area (TPSA) is 34.1 Å². The van der Waals surface area contributed by atoms with Crippen molar-refractivity contribution in [2.24, 2.45) is 0 Å². The molecule has 3 heteroatoms. The summed E-state index contributed by atoms with van der Waals surface area (Å²) in [6.45, 7) is 3.01. The van der Waals surface area contributed by atoms with Crippen molar-refractivity contribution in [3.05, 3.63) is 59.9 Å². The van der Waals surface area contributed by atoms with Crippen molar-refractivity contribution in [3.63, 3.8) is 0 Å². The number of methoxy groups -OCH3 is 1. The van der Waals surface area contributed by atoms with E-state index in [0.29, 0.717) is 0 Å². The van der Waals surface area contributed by atoms with Gasteiger partial charge in [-0.05, 0) is 35.9 Å². The molecule has 0 aliphatic rings. The van der Waals surface area contributed by atoms with E-state index in [0.717, 1.165) is 12.3 Å². The lowest BCUT2D eigenvalue weighted by molar-refractivity contribution is 0.414. The summed E-state index contributed by atoms with van der Waals surface area (Å²) >= 11 is 0. The monoisotopic (exact) mass is 242 g/mol. The van der Waals surface area contributed by atoms with Gasteiger partial charge in [0.25, 0.3) is 0 Å². The van der Waals surface area contributed by atoms with E-state index in [1.807, 2.05) is 24.4 Å². The second kappa shape index (κ2) is 6.17. The van der Waals surface area contributed by atoms with Crippen molar-refractivity contribution in [2.45, 2.75) is 13.0 Å². The summed E-state index contributed by atoms with van der Waals surface area (Å²) in [5.41, 5.74) is 2.38. The van der Waals surface area contributed by atoms with E-state index < -0.39 is 0 Å². The van der Waals surface area contributed by atoms with Gasteiger partial charge in [0, 0.05) is 12.4 Å². The lowest BCUT2D eigenvalue weighted by Crippen LogP contribution is -2.22. The Morgan fingerprint density at radius 2 is 1.94 bits per heavy atom. The van der Waals surface area contributed by atoms with Crippen LogP contribution in [0.15, 0.2) is 48.8 Å². The Morgan fingerprint density at radius 1 is 1.17 bits per heavy atom. The fourth-order valence-corrected chi connectivity index (χ4v) is 1.98. The first-order valence-electron chi connectivity index (χ1n) is 6.12. The van der Waals surface area contributed by atoms with Crippen molar-refractivity contribution in [3.8, 4) is 5.75 Å². The van der Waals surface area contributed by atoms with E-state index in [1.165, 1.54) is 11.1 Å². The van der Waals surface area contributed by atoms with E-state index in [2.05, 4.69) is 35.4 Å². The van der Waals surface area contributed by atoms with Crippen LogP contribution in [0.5, 0.6) is 5.75 Å². The van der Waals surface area contributed by atoms with Gasteiger partial charge in [0.2, 0.25) is 0 Å². The van der Waals surface area contributed by atoms with Gasteiger partial charge < -0.3 is 10.1 Å². The van der Waals surface area contributed by atoms with Gasteiger partial charge in [-0.1, -0.05) is 25.1 Å². The molecule has 2 aromatic rings. The molecule has 0 bridgehead atoms. The predicted molar refractivity (Wildman–Crippen MR) is 72.8 cm³/mol. The quantitative estimate of drug-likeness (QED) is 0.875. The average Bonchev–Trinajstić information content (AvgIpc) is 2.46. The Labute approximate surface area is 108 Å². The zero-order valence-electron chi connectivity index (χ0n) is 10.8. The highest BCUT2D eigenvalue weighted by molar-refractivity contribution is 5.34. The molecule has 94 valence electrons. The number of benzene rings is 1. The third-order valence-electron chi connectivity index (χ3n) is 2.88. The third kappa shape index (κ3) is 2.87. The number of rotatable bonds is 5. The van der Waals surface area contributed by atoms with Crippen LogP contribution in [-0.4, -0.2) is 18.6 Å². The number of nitrogens with zero attached hydrogens (tertiary/aromatic N) is 1. The van der Waals surface area contributed by atoms with Crippen molar-refractivity contribution in [1.82, 2.24) is 10.3 Å². The van der Waals surface area contributed by atoms with Crippen LogP contribution in [0, 0.1) is 0 Å². The molecular formula is C15H18N2O. The molecule has 1 heterocycles. The van der Waals surface area contributed by atoms with Gasteiger partial charge in [0.1, 0.15) is 5.75 Å². The Kier molecular flexibility index (Phi) is 4.31. The zero-order chi connectivity index (χ0) is 12.8. The van der Waals surface area contributed by atoms with E-state index in [-0.39, 0.29) is 6.04 Å². The molecule has 1 aromatic carbocycles. The van der Waals surface area contributed by atoms with Crippen LogP contribution in [0.25, 0.3) is 0 Å². The zero-order valence-corrected chi connectivity index (χ0v) is 10.8. The van der Waals surface area contributed by atoms with E-state index >= 15 is 0 Å². The van der Waals surface area contributed by atoms with Crippen LogP contribution in [0.3, 0.4) is 0 Å². The minimum absolute atomic E-state index is 0.176. The standard InChI is InChI=1S/C15H18N2O/c1-3-17-15(13-5-4-10-16-11-13)12-6-8-14(18-2)9-7-12/h4-11,15,17H,3H2,1-2H3. The first kappa shape index (κ1) is 12.6. The van der Waals surface area contributed by atoms with E-state index in [4.69, 9.17) is 4.74 Å². The van der Waals surface area contributed by atoms with Crippen LogP contribution in [0.1, 0.15) is 24.1 Å². The van der Waals surface area contributed by atoms with Crippen LogP contribution in [0.2, 0.25) is 0 Å². The first-order chi connectivity index (χ1) is 8.85. The Morgan fingerprint density at radius 3 is 2.50 bits per heavy atom. The normalized spacial score (nSPS) is 12.1. The molecule has 0 amide bonds. The molecule has 0 saturated heterocycles. The van der Waals surface area contributed by atoms with E-state index in [9.17, 15) is 0 Å². The summed E-state index contributed by atoms with van der Waals surface area (Å²) in [7, 11) is 1.68. The fraction of sp³-hybridized carbons (Fsp3) is 0.267. The average molecular weight is 242 g/mol. The highest BCUT2D eigenvalue weighted by Crippen LogP contribution is 2.23. The molecule has 1 atom stereocenters. The lowest BCUT2D eigenvalue weighted by atomic mass is 10.00. The number of nitrogens with one attached hydrogen (secondary N) is 1. The van der Waals surface area contributed by atoms with Gasteiger partial charge in [-0.2, -0.15) is 0 Å². The van der Waals surface area contributed by atoms with Crippen molar-refractivity contribution >= 4 is 0 Å². The molecular weight excluding hydrogens is 224 g/mol. The molecule has 1 N–H and O–H groups in total. The van der Waals surface area contributed by atoms with Gasteiger partial charge in [-0.25, -0.2) is 0 Å². The summed E-state index contributed by atoms with van der Waals surface area (Å²) in [5, 5.41) is 3.47. The maximum atomic E-state index is 5.18. The number of ether oxygens (including phenoxy) is 1. The number of hydrogen-bond acceptors (Lipinski definition) is 3. The number of pyridine rings is 1. The smallest absolute Gasteiger partial charge is 0.118 e. The summed E-state index contributed by atoms with van der Waals surface area (Å²) in [4.78, 5) is 4.18. The molecule has 0 saturated carbocycles. The molecule has 18 heavy (non-hydrogen) atoms. The second-order valence-corrected chi connectivity index (χ2v) is 4.05. The van der Waals surface area contributed by atoms with Gasteiger partial charge in [0.15, 0.2) is 0 Å². The maximum Gasteiger partial charge on any atom is 0.118 e. The predicted octanol–water partition coefficient (Wildman–Crippen LogP) is 2.79. The minimum Gasteiger partial charge on any atom is -0.497 e. The Bertz CT molecular complexity index is 468. The third-order valence-corrected chi connectivity index (χ3v) is 2.88. The molecule has 0 aliphatic carbocycles. The van der Waals surface area contributed by atoms with Crippen LogP contribution in [0.4, 0.5) is 0 Å². The summed E-state index contributed by atoms with van der Waals surface area (Å²) in [6, 6.07) is 12.4. The summed E-state index contributed by atoms with van der Waals surface area (Å²) < 4.78 is 5.18. The van der Waals surface area contributed by atoms with Crippen molar-refractivity contribution < 1.29 is 4.74 Å². The van der Waals surface area contributed by atoms with Gasteiger partial charge >= 0.3 is 0 Å². The van der Waals surface area contributed by atoms with Gasteiger partial charge in [-0.3, -0.25) is 4.98 Å². The Balaban J connectivity index is 2.29. The second-order valence-electron chi connectivity index (χ2n) is 4.05. The van der Waals surface area contributed by atoms with Crippen LogP contribution in [-0.2, 0) is 0 Å². The fourth-order valence-electron chi connectivity index (χ4n) is 1.98. The number of aromatic nitrogens is 1. The summed E-state index contributed by atoms with van der Waals surface area (Å²) in [6.07, 6.45) is 3.69. The first-order valence-corrected chi connectivity index (χ1v) is 6.12. The maximum absolute atomic E-state index is 5.18. The Hall–Kier alpha value is -1.87. The highest BCUT2D eigenvalue weighted by Gasteiger charge is 2.12. The SMILES string of the molecule is CCNC(c1ccc(OC)cc1)c1cccnc1. The van der Waals surface area contributed by atoms with E-state index in [1.54, 1.807) is 13.3 Å². The minimum atomic E-state index is 0.176. The molecule has 1 unspecified atom stereocenters. The van der Waals surface area contributed by atoms with Crippen LogP contribution >= 0.6 is 0 Å². The largest absolute Gasteiger partial charge is 0.497 e. The van der Waals surface area contributed by atoms with Gasteiger partial charge in [0.05, 0.1) is 13.2 Å². The molecule has 0 radical (unpaired) electrons. The van der Waals surface area contributed by atoms with Gasteiger partial charge in [-0.15, -0.1) is 0 Å². The highest BCUT2D eigenvalue weighted by atomic mass is 16.5. The van der Waals surface area contributed by atoms with Crippen molar-refractivity contribution in [2.75, 3.05) is 13.7 Å². The number of hydrogen-bond donors (Lipinski definition) is 1. The van der Waals surface area contributed by atoms with Crippen molar-refractivity contribution in [1.29, 1.82) is 0 Å². The molecule has 3 nitrogen and oxygen atoms in total. The molecule has 1 aromatic heterocycles. The molecule has 0 spiro atoms. The lowest BCUT2D eigenvalue weighted by Gasteiger charge is -2.18. The van der Waals surface area contributed by atoms with Crippen LogP contribution < -0.4 is 10.1 Å². The molecule has 0 aliphatic heterocycles. The molecule has 2 rings (SSSR count). The molecule has 0 fully saturated rings.